The van der Waals surface area contributed by atoms with Crippen LogP contribution in [0.5, 0.6) is 5.75 Å². The highest BCUT2D eigenvalue weighted by Gasteiger charge is 2.47. The lowest BCUT2D eigenvalue weighted by molar-refractivity contribution is -0.132. The molecule has 1 aliphatic heterocycles. The van der Waals surface area contributed by atoms with Crippen molar-refractivity contribution >= 4 is 23.1 Å². The van der Waals surface area contributed by atoms with E-state index in [9.17, 15) is 14.7 Å². The number of aliphatic hydroxyl groups excluding tert-OH is 1. The van der Waals surface area contributed by atoms with Crippen molar-refractivity contribution in [3.05, 3.63) is 94.8 Å². The third-order valence-corrected chi connectivity index (χ3v) is 5.42. The molecule has 1 fully saturated rings. The van der Waals surface area contributed by atoms with Crippen molar-refractivity contribution in [2.24, 2.45) is 0 Å². The van der Waals surface area contributed by atoms with Crippen molar-refractivity contribution < 1.29 is 19.4 Å². The van der Waals surface area contributed by atoms with Crippen LogP contribution >= 0.6 is 0 Å². The van der Waals surface area contributed by atoms with E-state index < -0.39 is 17.7 Å². The first-order chi connectivity index (χ1) is 14.9. The first-order valence-electron chi connectivity index (χ1n) is 9.85. The number of ketones is 1. The zero-order valence-corrected chi connectivity index (χ0v) is 17.5. The number of pyridine rings is 1. The Morgan fingerprint density at radius 1 is 1.06 bits per heavy atom. The summed E-state index contributed by atoms with van der Waals surface area (Å²) in [6.07, 6.45) is 3.22. The number of aromatic nitrogens is 1. The molecule has 6 heteroatoms. The smallest absolute Gasteiger partial charge is 0.300 e. The van der Waals surface area contributed by atoms with E-state index in [0.717, 1.165) is 11.1 Å². The SMILES string of the molecule is COc1ccccc1/C(O)=C1\C(=O)C(=O)N(c2ccc(C)cc2C)C1c1cccnc1. The minimum absolute atomic E-state index is 0.00229. The average Bonchev–Trinajstić information content (AvgIpc) is 3.04. The van der Waals surface area contributed by atoms with Gasteiger partial charge in [0.05, 0.1) is 24.3 Å². The minimum atomic E-state index is -0.819. The second kappa shape index (κ2) is 8.07. The fraction of sp³-hybridized carbons (Fsp3) is 0.160. The molecule has 0 spiro atoms. The fourth-order valence-electron chi connectivity index (χ4n) is 4.00. The van der Waals surface area contributed by atoms with Crippen molar-refractivity contribution in [2.45, 2.75) is 19.9 Å². The Labute approximate surface area is 180 Å². The van der Waals surface area contributed by atoms with Gasteiger partial charge >= 0.3 is 0 Å². The molecule has 3 aromatic rings. The van der Waals surface area contributed by atoms with Gasteiger partial charge in [-0.2, -0.15) is 0 Å². The quantitative estimate of drug-likeness (QED) is 0.390. The molecule has 1 saturated heterocycles. The summed E-state index contributed by atoms with van der Waals surface area (Å²) in [5, 5.41) is 11.2. The first kappa shape index (κ1) is 20.3. The van der Waals surface area contributed by atoms with Crippen LogP contribution in [0, 0.1) is 13.8 Å². The third-order valence-electron chi connectivity index (χ3n) is 5.42. The summed E-state index contributed by atoms with van der Waals surface area (Å²) in [5.41, 5.74) is 3.48. The van der Waals surface area contributed by atoms with Crippen molar-refractivity contribution in [3.63, 3.8) is 0 Å². The number of hydrogen-bond acceptors (Lipinski definition) is 5. The number of Topliss-reactive ketones (excluding diaryl/α,β-unsaturated/α-hetero) is 1. The highest BCUT2D eigenvalue weighted by Crippen LogP contribution is 2.43. The largest absolute Gasteiger partial charge is 0.507 e. The number of rotatable bonds is 4. The van der Waals surface area contributed by atoms with Gasteiger partial charge in [0.25, 0.3) is 11.7 Å². The molecule has 2 aromatic carbocycles. The number of carbonyl (C=O) groups is 2. The van der Waals surface area contributed by atoms with Crippen LogP contribution in [0.15, 0.2) is 72.6 Å². The maximum Gasteiger partial charge on any atom is 0.300 e. The molecule has 0 aliphatic carbocycles. The van der Waals surface area contributed by atoms with Crippen LogP contribution in [-0.4, -0.2) is 28.9 Å². The molecule has 0 saturated carbocycles. The van der Waals surface area contributed by atoms with Gasteiger partial charge in [-0.05, 0) is 49.2 Å². The topological polar surface area (TPSA) is 79.7 Å². The normalized spacial score (nSPS) is 17.8. The van der Waals surface area contributed by atoms with Crippen LogP contribution in [0.4, 0.5) is 5.69 Å². The minimum Gasteiger partial charge on any atom is -0.507 e. The number of aryl methyl sites for hydroxylation is 2. The van der Waals surface area contributed by atoms with Gasteiger partial charge in [0.1, 0.15) is 11.5 Å². The van der Waals surface area contributed by atoms with Gasteiger partial charge in [-0.3, -0.25) is 19.5 Å². The number of hydrogen-bond donors (Lipinski definition) is 1. The van der Waals surface area contributed by atoms with Gasteiger partial charge < -0.3 is 9.84 Å². The van der Waals surface area contributed by atoms with E-state index in [4.69, 9.17) is 4.74 Å². The highest BCUT2D eigenvalue weighted by molar-refractivity contribution is 6.51. The maximum absolute atomic E-state index is 13.2. The lowest BCUT2D eigenvalue weighted by Crippen LogP contribution is -2.30. The van der Waals surface area contributed by atoms with Gasteiger partial charge in [-0.1, -0.05) is 35.9 Å². The van der Waals surface area contributed by atoms with Crippen molar-refractivity contribution in [2.75, 3.05) is 12.0 Å². The van der Waals surface area contributed by atoms with E-state index in [0.29, 0.717) is 22.6 Å². The van der Waals surface area contributed by atoms with Crippen LogP contribution in [0.1, 0.15) is 28.3 Å². The number of nitrogens with zero attached hydrogens (tertiary/aromatic N) is 2. The van der Waals surface area contributed by atoms with Crippen LogP contribution in [-0.2, 0) is 9.59 Å². The van der Waals surface area contributed by atoms with Crippen LogP contribution in [0.25, 0.3) is 5.76 Å². The lowest BCUT2D eigenvalue weighted by Gasteiger charge is -2.26. The summed E-state index contributed by atoms with van der Waals surface area (Å²) in [6.45, 7) is 3.85. The number of methoxy groups -OCH3 is 1. The lowest BCUT2D eigenvalue weighted by atomic mass is 9.95. The zero-order valence-electron chi connectivity index (χ0n) is 17.5. The van der Waals surface area contributed by atoms with E-state index in [1.165, 1.54) is 12.0 Å². The Balaban J connectivity index is 1.99. The summed E-state index contributed by atoms with van der Waals surface area (Å²) in [7, 11) is 1.49. The predicted octanol–water partition coefficient (Wildman–Crippen LogP) is 4.33. The second-order valence-electron chi connectivity index (χ2n) is 7.45. The fourth-order valence-corrected chi connectivity index (χ4v) is 4.00. The van der Waals surface area contributed by atoms with Gasteiger partial charge in [0, 0.05) is 18.1 Å². The van der Waals surface area contributed by atoms with Gasteiger partial charge in [-0.15, -0.1) is 0 Å². The number of para-hydroxylation sites is 1. The molecule has 0 bridgehead atoms. The molecule has 1 N–H and O–H groups in total. The van der Waals surface area contributed by atoms with Crippen molar-refractivity contribution in [1.29, 1.82) is 0 Å². The summed E-state index contributed by atoms with van der Waals surface area (Å²) < 4.78 is 5.36. The number of ether oxygens (including phenoxy) is 1. The summed E-state index contributed by atoms with van der Waals surface area (Å²) >= 11 is 0. The summed E-state index contributed by atoms with van der Waals surface area (Å²) in [5.74, 6) is -1.32. The Morgan fingerprint density at radius 2 is 1.84 bits per heavy atom. The number of benzene rings is 2. The number of anilines is 1. The molecular weight excluding hydrogens is 392 g/mol. The van der Waals surface area contributed by atoms with Gasteiger partial charge in [-0.25, -0.2) is 0 Å². The highest BCUT2D eigenvalue weighted by atomic mass is 16.5. The third kappa shape index (κ3) is 3.46. The van der Waals surface area contributed by atoms with E-state index in [-0.39, 0.29) is 11.3 Å². The molecule has 156 valence electrons. The molecular formula is C25H22N2O4. The van der Waals surface area contributed by atoms with E-state index >= 15 is 0 Å². The van der Waals surface area contributed by atoms with Crippen molar-refractivity contribution in [1.82, 2.24) is 4.98 Å². The first-order valence-corrected chi connectivity index (χ1v) is 9.85. The molecule has 0 radical (unpaired) electrons. The Morgan fingerprint density at radius 3 is 2.52 bits per heavy atom. The molecule has 6 nitrogen and oxygen atoms in total. The molecule has 31 heavy (non-hydrogen) atoms. The molecule has 1 unspecified atom stereocenters. The van der Waals surface area contributed by atoms with Crippen LogP contribution in [0.3, 0.4) is 0 Å². The van der Waals surface area contributed by atoms with E-state index in [1.54, 1.807) is 48.8 Å². The number of carbonyl (C=O) groups excluding carboxylic acids is 2. The molecule has 2 heterocycles. The van der Waals surface area contributed by atoms with Gasteiger partial charge in [0.2, 0.25) is 0 Å². The molecule has 1 aliphatic rings. The Kier molecular flexibility index (Phi) is 5.29. The van der Waals surface area contributed by atoms with Crippen LogP contribution < -0.4 is 9.64 Å². The zero-order chi connectivity index (χ0) is 22.1. The summed E-state index contributed by atoms with van der Waals surface area (Å²) in [4.78, 5) is 32.0. The van der Waals surface area contributed by atoms with E-state index in [2.05, 4.69) is 4.98 Å². The number of aliphatic hydroxyl groups is 1. The number of amides is 1. The molecule has 1 aromatic heterocycles. The average molecular weight is 414 g/mol. The standard InChI is InChI=1S/C25H22N2O4/c1-15-10-11-19(16(2)13-15)27-22(17-7-6-12-26-14-17)21(24(29)25(27)30)23(28)18-8-4-5-9-20(18)31-3/h4-14,22,28H,1-3H3/b23-21+. The Hall–Kier alpha value is -3.93. The molecule has 1 amide bonds. The monoisotopic (exact) mass is 414 g/mol. The van der Waals surface area contributed by atoms with E-state index in [1.807, 2.05) is 32.0 Å². The summed E-state index contributed by atoms with van der Waals surface area (Å²) in [6, 6.07) is 15.2. The van der Waals surface area contributed by atoms with Gasteiger partial charge in [0.15, 0.2) is 0 Å². The second-order valence-corrected chi connectivity index (χ2v) is 7.45. The molecule has 4 rings (SSSR count). The van der Waals surface area contributed by atoms with Crippen molar-refractivity contribution in [3.8, 4) is 5.75 Å². The Bertz CT molecular complexity index is 1200. The molecule has 1 atom stereocenters. The maximum atomic E-state index is 13.2. The van der Waals surface area contributed by atoms with Crippen LogP contribution in [0.2, 0.25) is 0 Å². The predicted molar refractivity (Wildman–Crippen MR) is 118 cm³/mol.